The summed E-state index contributed by atoms with van der Waals surface area (Å²) in [5.74, 6) is 1.65. The molecule has 5 nitrogen and oxygen atoms in total. The van der Waals surface area contributed by atoms with Gasteiger partial charge in [0.25, 0.3) is 0 Å². The molecule has 3 aromatic carbocycles. The summed E-state index contributed by atoms with van der Waals surface area (Å²) in [5.41, 5.74) is 0.953. The molecular weight excluding hydrogens is 438 g/mol. The summed E-state index contributed by atoms with van der Waals surface area (Å²) in [4.78, 5) is 15.6. The summed E-state index contributed by atoms with van der Waals surface area (Å²) < 4.78 is 17.6. The van der Waals surface area contributed by atoms with Crippen molar-refractivity contribution < 1.29 is 19.0 Å². The minimum atomic E-state index is -0.146. The normalized spacial score (nSPS) is 17.4. The van der Waals surface area contributed by atoms with Gasteiger partial charge in [0.05, 0.1) is 14.2 Å². The standard InChI is InChI=1S/C30H37NO4/c1-33-28-24-15-9-10-16-25(24)29(34-2)27-19-21(17-18-26(27)28)20-35-30(32)31(22-11-5-3-6-12-22)23-13-7-4-8-14-23/h9-10,15-19,22-23H,3-8,11-14,20H2,1-2H3. The van der Waals surface area contributed by atoms with Crippen LogP contribution < -0.4 is 9.47 Å². The minimum Gasteiger partial charge on any atom is -0.495 e. The van der Waals surface area contributed by atoms with Crippen LogP contribution in [-0.4, -0.2) is 37.3 Å². The first-order valence-corrected chi connectivity index (χ1v) is 13.2. The molecule has 0 bridgehead atoms. The maximum Gasteiger partial charge on any atom is 0.410 e. The predicted molar refractivity (Wildman–Crippen MR) is 140 cm³/mol. The predicted octanol–water partition coefficient (Wildman–Crippen LogP) is 7.61. The van der Waals surface area contributed by atoms with Crippen molar-refractivity contribution in [3.63, 3.8) is 0 Å². The zero-order chi connectivity index (χ0) is 24.2. The lowest BCUT2D eigenvalue weighted by molar-refractivity contribution is 0.0416. The molecule has 2 aliphatic carbocycles. The third kappa shape index (κ3) is 4.78. The molecule has 2 aliphatic rings. The van der Waals surface area contributed by atoms with Crippen LogP contribution in [0, 0.1) is 0 Å². The van der Waals surface area contributed by atoms with Gasteiger partial charge >= 0.3 is 6.09 Å². The highest BCUT2D eigenvalue weighted by atomic mass is 16.6. The Bertz CT molecular complexity index is 1160. The number of amides is 1. The number of ether oxygens (including phenoxy) is 3. The van der Waals surface area contributed by atoms with E-state index in [4.69, 9.17) is 14.2 Å². The van der Waals surface area contributed by atoms with Gasteiger partial charge in [-0.2, -0.15) is 0 Å². The van der Waals surface area contributed by atoms with Gasteiger partial charge in [-0.25, -0.2) is 4.79 Å². The SMILES string of the molecule is COc1c2ccccc2c(OC)c2cc(COC(=O)N(C3CCCCC3)C3CCCCC3)ccc12. The second-order valence-electron chi connectivity index (χ2n) is 10.0. The summed E-state index contributed by atoms with van der Waals surface area (Å²) in [5, 5.41) is 3.99. The van der Waals surface area contributed by atoms with Crippen molar-refractivity contribution in [3.8, 4) is 11.5 Å². The highest BCUT2D eigenvalue weighted by Gasteiger charge is 2.33. The Labute approximate surface area is 208 Å². The third-order valence-electron chi connectivity index (χ3n) is 7.91. The van der Waals surface area contributed by atoms with Crippen LogP contribution in [0.5, 0.6) is 11.5 Å². The van der Waals surface area contributed by atoms with E-state index in [0.29, 0.717) is 12.1 Å². The lowest BCUT2D eigenvalue weighted by Crippen LogP contribution is -2.48. The van der Waals surface area contributed by atoms with Crippen molar-refractivity contribution in [3.05, 3.63) is 48.0 Å². The molecule has 186 valence electrons. The number of carbonyl (C=O) groups excluding carboxylic acids is 1. The average molecular weight is 476 g/mol. The van der Waals surface area contributed by atoms with Crippen molar-refractivity contribution in [1.82, 2.24) is 4.90 Å². The topological polar surface area (TPSA) is 48.0 Å². The largest absolute Gasteiger partial charge is 0.495 e. The molecule has 5 rings (SSSR count). The van der Waals surface area contributed by atoms with Gasteiger partial charge in [0, 0.05) is 33.6 Å². The van der Waals surface area contributed by atoms with Crippen molar-refractivity contribution in [2.24, 2.45) is 0 Å². The van der Waals surface area contributed by atoms with Crippen LogP contribution in [0.15, 0.2) is 42.5 Å². The van der Waals surface area contributed by atoms with Gasteiger partial charge in [0.1, 0.15) is 18.1 Å². The van der Waals surface area contributed by atoms with Crippen LogP contribution in [0.3, 0.4) is 0 Å². The van der Waals surface area contributed by atoms with E-state index in [2.05, 4.69) is 23.1 Å². The molecule has 0 N–H and O–H groups in total. The van der Waals surface area contributed by atoms with E-state index >= 15 is 0 Å². The molecule has 3 aromatic rings. The molecule has 0 saturated heterocycles. The fraction of sp³-hybridized carbons (Fsp3) is 0.500. The van der Waals surface area contributed by atoms with Crippen molar-refractivity contribution in [2.75, 3.05) is 14.2 Å². The fourth-order valence-corrected chi connectivity index (χ4v) is 6.21. The Morgan fingerprint density at radius 3 is 1.80 bits per heavy atom. The number of carbonyl (C=O) groups is 1. The number of rotatable bonds is 6. The van der Waals surface area contributed by atoms with Crippen molar-refractivity contribution in [1.29, 1.82) is 0 Å². The molecule has 0 heterocycles. The highest BCUT2D eigenvalue weighted by molar-refractivity contribution is 6.11. The summed E-state index contributed by atoms with van der Waals surface area (Å²) in [7, 11) is 3.40. The lowest BCUT2D eigenvalue weighted by atomic mass is 9.89. The number of hydrogen-bond donors (Lipinski definition) is 0. The number of fused-ring (bicyclic) bond motifs is 2. The number of benzene rings is 3. The highest BCUT2D eigenvalue weighted by Crippen LogP contribution is 2.42. The second kappa shape index (κ2) is 10.8. The summed E-state index contributed by atoms with van der Waals surface area (Å²) in [6.45, 7) is 0.253. The molecule has 0 aliphatic heterocycles. The summed E-state index contributed by atoms with van der Waals surface area (Å²) in [6, 6.07) is 14.9. The Morgan fingerprint density at radius 2 is 1.26 bits per heavy atom. The minimum absolute atomic E-state index is 0.146. The fourth-order valence-electron chi connectivity index (χ4n) is 6.21. The monoisotopic (exact) mass is 475 g/mol. The molecule has 0 atom stereocenters. The van der Waals surface area contributed by atoms with E-state index < -0.39 is 0 Å². The summed E-state index contributed by atoms with van der Waals surface area (Å²) >= 11 is 0. The molecule has 2 fully saturated rings. The van der Waals surface area contributed by atoms with Crippen LogP contribution >= 0.6 is 0 Å². The van der Waals surface area contributed by atoms with E-state index in [1.54, 1.807) is 14.2 Å². The second-order valence-corrected chi connectivity index (χ2v) is 10.0. The maximum atomic E-state index is 13.4. The van der Waals surface area contributed by atoms with Gasteiger partial charge in [-0.15, -0.1) is 0 Å². The Balaban J connectivity index is 1.41. The Kier molecular flexibility index (Phi) is 7.31. The van der Waals surface area contributed by atoms with Gasteiger partial charge in [0.2, 0.25) is 0 Å². The zero-order valence-electron chi connectivity index (χ0n) is 21.1. The zero-order valence-corrected chi connectivity index (χ0v) is 21.1. The first-order valence-electron chi connectivity index (χ1n) is 13.2. The van der Waals surface area contributed by atoms with Crippen molar-refractivity contribution in [2.45, 2.75) is 82.9 Å². The number of methoxy groups -OCH3 is 2. The lowest BCUT2D eigenvalue weighted by Gasteiger charge is -2.40. The molecule has 0 unspecified atom stereocenters. The van der Waals surface area contributed by atoms with Gasteiger partial charge in [-0.1, -0.05) is 74.9 Å². The number of hydrogen-bond acceptors (Lipinski definition) is 4. The molecule has 1 amide bonds. The van der Waals surface area contributed by atoms with Crippen molar-refractivity contribution >= 4 is 27.6 Å². The first kappa shape index (κ1) is 23.8. The van der Waals surface area contributed by atoms with Crippen LogP contribution in [0.25, 0.3) is 21.5 Å². The molecule has 0 radical (unpaired) electrons. The van der Waals surface area contributed by atoms with Gasteiger partial charge < -0.3 is 19.1 Å². The smallest absolute Gasteiger partial charge is 0.410 e. The van der Waals surface area contributed by atoms with Crippen LogP contribution in [0.2, 0.25) is 0 Å². The summed E-state index contributed by atoms with van der Waals surface area (Å²) in [6.07, 6.45) is 11.7. The van der Waals surface area contributed by atoms with E-state index in [-0.39, 0.29) is 12.7 Å². The Morgan fingerprint density at radius 1 is 0.743 bits per heavy atom. The van der Waals surface area contributed by atoms with E-state index in [0.717, 1.165) is 64.3 Å². The van der Waals surface area contributed by atoms with Gasteiger partial charge in [-0.05, 0) is 37.3 Å². The molecule has 35 heavy (non-hydrogen) atoms. The van der Waals surface area contributed by atoms with E-state index in [1.165, 1.54) is 38.5 Å². The van der Waals surface area contributed by atoms with Crippen LogP contribution in [-0.2, 0) is 11.3 Å². The molecular formula is C30H37NO4. The molecule has 0 aromatic heterocycles. The van der Waals surface area contributed by atoms with Gasteiger partial charge in [0.15, 0.2) is 0 Å². The molecule has 2 saturated carbocycles. The molecule has 5 heteroatoms. The molecule has 0 spiro atoms. The van der Waals surface area contributed by atoms with Crippen LogP contribution in [0.1, 0.15) is 69.8 Å². The first-order chi connectivity index (χ1) is 17.2. The maximum absolute atomic E-state index is 13.4. The van der Waals surface area contributed by atoms with E-state index in [1.807, 2.05) is 24.3 Å². The van der Waals surface area contributed by atoms with Crippen LogP contribution in [0.4, 0.5) is 4.79 Å². The van der Waals surface area contributed by atoms with Gasteiger partial charge in [-0.3, -0.25) is 0 Å². The number of nitrogens with zero attached hydrogens (tertiary/aromatic N) is 1. The third-order valence-corrected chi connectivity index (χ3v) is 7.91. The quantitative estimate of drug-likeness (QED) is 0.344. The van der Waals surface area contributed by atoms with E-state index in [9.17, 15) is 4.79 Å². The average Bonchev–Trinajstić information content (AvgIpc) is 2.91. The Hall–Kier alpha value is -2.95.